The largest absolute Gasteiger partial charge is 0.496 e. The second kappa shape index (κ2) is 9.18. The van der Waals surface area contributed by atoms with Crippen LogP contribution < -0.4 is 18.9 Å². The van der Waals surface area contributed by atoms with Crippen LogP contribution in [0.5, 0.6) is 23.0 Å². The van der Waals surface area contributed by atoms with Crippen LogP contribution in [0.2, 0.25) is 0 Å². The van der Waals surface area contributed by atoms with Crippen molar-refractivity contribution >= 4 is 5.78 Å². The summed E-state index contributed by atoms with van der Waals surface area (Å²) >= 11 is 0. The first-order chi connectivity index (χ1) is 15.6. The number of allylic oxidation sites excluding steroid dienone is 8. The Hall–Kier alpha value is -3.73. The SMILES string of the molecule is COc1ccc(C(=O)c2ccc(OC)c(C3C=CC=C3)c2OC)c(OC)c1C1C=CC=C1. The zero-order valence-corrected chi connectivity index (χ0v) is 18.6. The molecule has 0 saturated heterocycles. The Labute approximate surface area is 188 Å². The lowest BCUT2D eigenvalue weighted by molar-refractivity contribution is 0.103. The van der Waals surface area contributed by atoms with Crippen molar-refractivity contribution in [2.24, 2.45) is 0 Å². The molecule has 0 atom stereocenters. The molecule has 32 heavy (non-hydrogen) atoms. The highest BCUT2D eigenvalue weighted by molar-refractivity contribution is 6.13. The van der Waals surface area contributed by atoms with Crippen LogP contribution in [0.4, 0.5) is 0 Å². The van der Waals surface area contributed by atoms with E-state index in [1.54, 1.807) is 40.6 Å². The molecule has 0 bridgehead atoms. The average molecular weight is 431 g/mol. The molecule has 0 spiro atoms. The van der Waals surface area contributed by atoms with E-state index in [4.69, 9.17) is 18.9 Å². The second-order valence-electron chi connectivity index (χ2n) is 7.44. The van der Waals surface area contributed by atoms with Crippen molar-refractivity contribution < 1.29 is 23.7 Å². The smallest absolute Gasteiger partial charge is 0.200 e. The van der Waals surface area contributed by atoms with Crippen LogP contribution in [0.1, 0.15) is 38.9 Å². The van der Waals surface area contributed by atoms with Gasteiger partial charge in [-0.25, -0.2) is 0 Å². The average Bonchev–Trinajstić information content (AvgIpc) is 3.56. The van der Waals surface area contributed by atoms with Crippen molar-refractivity contribution in [1.29, 1.82) is 0 Å². The maximum Gasteiger partial charge on any atom is 0.200 e. The number of carbonyl (C=O) groups is 1. The van der Waals surface area contributed by atoms with Crippen molar-refractivity contribution in [3.63, 3.8) is 0 Å². The third-order valence-electron chi connectivity index (χ3n) is 5.81. The van der Waals surface area contributed by atoms with Crippen molar-refractivity contribution in [1.82, 2.24) is 0 Å². The number of benzene rings is 2. The summed E-state index contributed by atoms with van der Waals surface area (Å²) in [6.07, 6.45) is 16.1. The number of carbonyl (C=O) groups excluding carboxylic acids is 1. The fourth-order valence-electron chi connectivity index (χ4n) is 4.34. The summed E-state index contributed by atoms with van der Waals surface area (Å²) in [5.41, 5.74) is 2.54. The molecule has 5 nitrogen and oxygen atoms in total. The molecule has 5 heteroatoms. The van der Waals surface area contributed by atoms with E-state index in [2.05, 4.69) is 0 Å². The van der Waals surface area contributed by atoms with E-state index in [1.807, 2.05) is 60.7 Å². The maximum absolute atomic E-state index is 13.8. The van der Waals surface area contributed by atoms with Gasteiger partial charge in [0, 0.05) is 23.0 Å². The Balaban J connectivity index is 1.88. The summed E-state index contributed by atoms with van der Waals surface area (Å²) in [7, 11) is 6.37. The monoisotopic (exact) mass is 430 g/mol. The Kier molecular flexibility index (Phi) is 6.17. The molecule has 2 aliphatic carbocycles. The maximum atomic E-state index is 13.8. The van der Waals surface area contributed by atoms with Gasteiger partial charge in [0.1, 0.15) is 23.0 Å². The summed E-state index contributed by atoms with van der Waals surface area (Å²) in [5.74, 6) is 2.07. The zero-order chi connectivity index (χ0) is 22.7. The Morgan fingerprint density at radius 3 is 1.28 bits per heavy atom. The minimum absolute atomic E-state index is 0.0327. The Morgan fingerprint density at radius 2 is 0.969 bits per heavy atom. The van der Waals surface area contributed by atoms with Crippen LogP contribution in [0.3, 0.4) is 0 Å². The van der Waals surface area contributed by atoms with E-state index in [0.717, 1.165) is 11.1 Å². The molecule has 0 aliphatic heterocycles. The van der Waals surface area contributed by atoms with E-state index < -0.39 is 0 Å². The normalized spacial score (nSPS) is 14.9. The van der Waals surface area contributed by atoms with Gasteiger partial charge in [-0.15, -0.1) is 0 Å². The molecule has 2 aromatic carbocycles. The van der Waals surface area contributed by atoms with Gasteiger partial charge >= 0.3 is 0 Å². The molecule has 4 rings (SSSR count). The summed E-state index contributed by atoms with van der Waals surface area (Å²) in [4.78, 5) is 13.8. The minimum Gasteiger partial charge on any atom is -0.496 e. The molecular weight excluding hydrogens is 404 g/mol. The van der Waals surface area contributed by atoms with E-state index in [9.17, 15) is 4.79 Å². The summed E-state index contributed by atoms with van der Waals surface area (Å²) in [6.45, 7) is 0. The summed E-state index contributed by atoms with van der Waals surface area (Å²) < 4.78 is 22.7. The number of methoxy groups -OCH3 is 4. The van der Waals surface area contributed by atoms with Gasteiger partial charge in [-0.3, -0.25) is 4.79 Å². The molecule has 0 fully saturated rings. The van der Waals surface area contributed by atoms with Crippen molar-refractivity contribution in [2.45, 2.75) is 11.8 Å². The molecule has 0 heterocycles. The fraction of sp³-hybridized carbons (Fsp3) is 0.222. The van der Waals surface area contributed by atoms with Crippen molar-refractivity contribution in [3.8, 4) is 23.0 Å². The third-order valence-corrected chi connectivity index (χ3v) is 5.81. The van der Waals surface area contributed by atoms with Gasteiger partial charge in [-0.05, 0) is 24.3 Å². The van der Waals surface area contributed by atoms with Gasteiger partial charge in [-0.1, -0.05) is 48.6 Å². The molecular formula is C27H26O5. The van der Waals surface area contributed by atoms with Crippen LogP contribution in [0.25, 0.3) is 0 Å². The molecule has 2 aliphatic rings. The number of ether oxygens (including phenoxy) is 4. The first-order valence-corrected chi connectivity index (χ1v) is 10.4. The van der Waals surface area contributed by atoms with Gasteiger partial charge in [-0.2, -0.15) is 0 Å². The fourth-order valence-corrected chi connectivity index (χ4v) is 4.34. The molecule has 0 saturated carbocycles. The number of rotatable bonds is 8. The lowest BCUT2D eigenvalue weighted by Gasteiger charge is -2.21. The number of hydrogen-bond acceptors (Lipinski definition) is 5. The second-order valence-corrected chi connectivity index (χ2v) is 7.44. The molecule has 2 aromatic rings. The van der Waals surface area contributed by atoms with E-state index >= 15 is 0 Å². The topological polar surface area (TPSA) is 54.0 Å². The van der Waals surface area contributed by atoms with Crippen LogP contribution in [-0.2, 0) is 0 Å². The molecule has 0 N–H and O–H groups in total. The van der Waals surface area contributed by atoms with Crippen LogP contribution >= 0.6 is 0 Å². The lowest BCUT2D eigenvalue weighted by Crippen LogP contribution is -2.11. The van der Waals surface area contributed by atoms with Gasteiger partial charge in [0.25, 0.3) is 0 Å². The number of ketones is 1. The van der Waals surface area contributed by atoms with Gasteiger partial charge in [0.15, 0.2) is 0 Å². The summed E-state index contributed by atoms with van der Waals surface area (Å²) in [5, 5.41) is 0. The van der Waals surface area contributed by atoms with Gasteiger partial charge in [0.05, 0.1) is 39.6 Å². The van der Waals surface area contributed by atoms with E-state index in [0.29, 0.717) is 34.1 Å². The highest BCUT2D eigenvalue weighted by atomic mass is 16.5. The van der Waals surface area contributed by atoms with Gasteiger partial charge < -0.3 is 18.9 Å². The standard InChI is InChI=1S/C27H26O5/c1-29-21-15-13-19(26(31-3)23(21)17-9-5-6-10-17)25(28)20-14-16-22(30-2)24(27(20)32-4)18-11-7-8-12-18/h5-18H,1-4H3. The summed E-state index contributed by atoms with van der Waals surface area (Å²) in [6, 6.07) is 7.10. The highest BCUT2D eigenvalue weighted by Crippen LogP contribution is 2.44. The lowest BCUT2D eigenvalue weighted by atomic mass is 9.90. The quantitative estimate of drug-likeness (QED) is 0.527. The Morgan fingerprint density at radius 1 is 0.594 bits per heavy atom. The zero-order valence-electron chi connectivity index (χ0n) is 18.6. The predicted octanol–water partition coefficient (Wildman–Crippen LogP) is 5.37. The minimum atomic E-state index is -0.191. The van der Waals surface area contributed by atoms with Crippen LogP contribution in [0.15, 0.2) is 72.9 Å². The Bertz CT molecular complexity index is 1040. The number of hydrogen-bond donors (Lipinski definition) is 0. The molecule has 164 valence electrons. The first kappa shape index (κ1) is 21.5. The van der Waals surface area contributed by atoms with E-state index in [1.165, 1.54) is 0 Å². The molecule has 0 amide bonds. The first-order valence-electron chi connectivity index (χ1n) is 10.4. The van der Waals surface area contributed by atoms with E-state index in [-0.39, 0.29) is 17.6 Å². The van der Waals surface area contributed by atoms with Crippen molar-refractivity contribution in [2.75, 3.05) is 28.4 Å². The highest BCUT2D eigenvalue weighted by Gasteiger charge is 2.29. The predicted molar refractivity (Wildman–Crippen MR) is 125 cm³/mol. The van der Waals surface area contributed by atoms with Gasteiger partial charge in [0.2, 0.25) is 5.78 Å². The van der Waals surface area contributed by atoms with Crippen molar-refractivity contribution in [3.05, 3.63) is 95.1 Å². The van der Waals surface area contributed by atoms with Crippen LogP contribution in [0, 0.1) is 0 Å². The third kappa shape index (κ3) is 3.60. The molecule has 0 unspecified atom stereocenters. The van der Waals surface area contributed by atoms with Crippen LogP contribution in [-0.4, -0.2) is 34.2 Å². The molecule has 0 aromatic heterocycles. The molecule has 0 radical (unpaired) electrons.